The van der Waals surface area contributed by atoms with Gasteiger partial charge in [0.1, 0.15) is 5.75 Å². The van der Waals surface area contributed by atoms with Crippen molar-refractivity contribution in [3.05, 3.63) is 65.7 Å². The Morgan fingerprint density at radius 1 is 1.00 bits per heavy atom. The van der Waals surface area contributed by atoms with E-state index in [1.54, 1.807) is 29.2 Å². The third-order valence-electron chi connectivity index (χ3n) is 3.85. The second kappa shape index (κ2) is 9.97. The molecule has 0 radical (unpaired) electrons. The smallest absolute Gasteiger partial charge is 0.318 e. The molecule has 2 rings (SSSR count). The summed E-state index contributed by atoms with van der Waals surface area (Å²) in [6, 6.07) is 16.4. The number of benzene rings is 2. The summed E-state index contributed by atoms with van der Waals surface area (Å²) < 4.78 is 27.2. The number of carbonyl (C=O) groups excluding carboxylic acids is 1. The van der Waals surface area contributed by atoms with Crippen LogP contribution >= 0.6 is 0 Å². The lowest BCUT2D eigenvalue weighted by Crippen LogP contribution is -2.39. The van der Waals surface area contributed by atoms with Gasteiger partial charge in [-0.05, 0) is 29.7 Å². The minimum absolute atomic E-state index is 0.122. The summed E-state index contributed by atoms with van der Waals surface area (Å²) in [5.74, 6) is 0.253. The van der Waals surface area contributed by atoms with Crippen molar-refractivity contribution in [3.8, 4) is 5.75 Å². The van der Waals surface area contributed by atoms with Crippen LogP contribution < -0.4 is 9.50 Å². The van der Waals surface area contributed by atoms with Crippen molar-refractivity contribution >= 4 is 16.1 Å². The normalized spacial score (nSPS) is 11.0. The molecule has 2 amide bonds. The van der Waals surface area contributed by atoms with Gasteiger partial charge in [0.25, 0.3) is 0 Å². The number of hydrogen-bond donors (Lipinski definition) is 1. The minimum atomic E-state index is -3.55. The summed E-state index contributed by atoms with van der Waals surface area (Å²) >= 11 is 0. The van der Waals surface area contributed by atoms with Gasteiger partial charge in [-0.25, -0.2) is 4.79 Å². The molecule has 0 spiro atoms. The lowest BCUT2D eigenvalue weighted by molar-refractivity contribution is 0.192. The van der Waals surface area contributed by atoms with Gasteiger partial charge in [-0.3, -0.25) is 0 Å². The molecule has 0 saturated carbocycles. The number of amides is 2. The Labute approximate surface area is 161 Å². The van der Waals surface area contributed by atoms with E-state index in [-0.39, 0.29) is 11.8 Å². The fourth-order valence-electron chi connectivity index (χ4n) is 2.53. The van der Waals surface area contributed by atoms with E-state index >= 15 is 0 Å². The van der Waals surface area contributed by atoms with E-state index in [9.17, 15) is 13.2 Å². The first-order chi connectivity index (χ1) is 12.9. The van der Waals surface area contributed by atoms with Crippen molar-refractivity contribution in [1.29, 1.82) is 0 Å². The lowest BCUT2D eigenvalue weighted by Gasteiger charge is -2.23. The average Bonchev–Trinajstić information content (AvgIpc) is 2.62. The Bertz CT molecular complexity index is 821. The zero-order valence-electron chi connectivity index (χ0n) is 15.7. The molecule has 0 atom stereocenters. The fraction of sp³-hybridized carbons (Fsp3) is 0.350. The second-order valence-electron chi connectivity index (χ2n) is 6.36. The van der Waals surface area contributed by atoms with Crippen LogP contribution in [0.3, 0.4) is 0 Å². The SMILES string of the molecule is CCCCNC(=O)N(Cc1ccccc1)Cc1ccc(OS(C)(=O)=O)cc1. The van der Waals surface area contributed by atoms with Gasteiger partial charge < -0.3 is 14.4 Å². The number of nitrogens with zero attached hydrogens (tertiary/aromatic N) is 1. The van der Waals surface area contributed by atoms with Gasteiger partial charge in [-0.2, -0.15) is 8.42 Å². The van der Waals surface area contributed by atoms with E-state index in [0.717, 1.165) is 30.2 Å². The van der Waals surface area contributed by atoms with Crippen LogP contribution in [0.2, 0.25) is 0 Å². The maximum Gasteiger partial charge on any atom is 0.318 e. The molecule has 0 saturated heterocycles. The highest BCUT2D eigenvalue weighted by atomic mass is 32.2. The molecule has 1 N–H and O–H groups in total. The van der Waals surface area contributed by atoms with Crippen LogP contribution in [-0.2, 0) is 23.2 Å². The Hall–Kier alpha value is -2.54. The van der Waals surface area contributed by atoms with Crippen LogP contribution in [0.4, 0.5) is 4.79 Å². The molecule has 6 nitrogen and oxygen atoms in total. The van der Waals surface area contributed by atoms with Crippen molar-refractivity contribution < 1.29 is 17.4 Å². The van der Waals surface area contributed by atoms with Gasteiger partial charge in [0.05, 0.1) is 6.26 Å². The van der Waals surface area contributed by atoms with E-state index in [2.05, 4.69) is 12.2 Å². The van der Waals surface area contributed by atoms with Gasteiger partial charge >= 0.3 is 16.1 Å². The van der Waals surface area contributed by atoms with Crippen molar-refractivity contribution in [2.24, 2.45) is 0 Å². The van der Waals surface area contributed by atoms with Crippen molar-refractivity contribution in [3.63, 3.8) is 0 Å². The Balaban J connectivity index is 2.09. The van der Waals surface area contributed by atoms with Crippen molar-refractivity contribution in [2.45, 2.75) is 32.9 Å². The Morgan fingerprint density at radius 2 is 1.59 bits per heavy atom. The molecule has 2 aromatic carbocycles. The molecule has 0 unspecified atom stereocenters. The maximum atomic E-state index is 12.6. The number of nitrogens with one attached hydrogen (secondary N) is 1. The van der Waals surface area contributed by atoms with Gasteiger partial charge in [0.2, 0.25) is 0 Å². The second-order valence-corrected chi connectivity index (χ2v) is 7.93. The van der Waals surface area contributed by atoms with E-state index in [0.29, 0.717) is 19.6 Å². The molecule has 0 heterocycles. The summed E-state index contributed by atoms with van der Waals surface area (Å²) in [7, 11) is -3.55. The van der Waals surface area contributed by atoms with Gasteiger partial charge in [0.15, 0.2) is 0 Å². The Morgan fingerprint density at radius 3 is 2.15 bits per heavy atom. The largest absolute Gasteiger partial charge is 0.383 e. The van der Waals surface area contributed by atoms with E-state index in [1.807, 2.05) is 30.3 Å². The van der Waals surface area contributed by atoms with Crippen LogP contribution in [-0.4, -0.2) is 32.1 Å². The molecule has 7 heteroatoms. The lowest BCUT2D eigenvalue weighted by atomic mass is 10.1. The number of carbonyl (C=O) groups is 1. The standard InChI is InChI=1S/C20H26N2O4S/c1-3-4-14-21-20(23)22(15-17-8-6-5-7-9-17)16-18-10-12-19(13-11-18)26-27(2,24)25/h5-13H,3-4,14-16H2,1-2H3,(H,21,23). The summed E-state index contributed by atoms with van der Waals surface area (Å²) in [4.78, 5) is 14.3. The van der Waals surface area contributed by atoms with Crippen LogP contribution in [0.5, 0.6) is 5.75 Å². The summed E-state index contributed by atoms with van der Waals surface area (Å²) in [5, 5.41) is 2.95. The van der Waals surface area contributed by atoms with Crippen molar-refractivity contribution in [1.82, 2.24) is 10.2 Å². The molecule has 0 aliphatic heterocycles. The summed E-state index contributed by atoms with van der Waals surface area (Å²) in [6.45, 7) is 3.61. The topological polar surface area (TPSA) is 75.7 Å². The van der Waals surface area contributed by atoms with Crippen LogP contribution in [0.25, 0.3) is 0 Å². The molecule has 27 heavy (non-hydrogen) atoms. The van der Waals surface area contributed by atoms with Crippen LogP contribution in [0.15, 0.2) is 54.6 Å². The molecule has 2 aromatic rings. The first-order valence-electron chi connectivity index (χ1n) is 8.92. The Kier molecular flexibility index (Phi) is 7.67. The summed E-state index contributed by atoms with van der Waals surface area (Å²) in [5.41, 5.74) is 1.93. The van der Waals surface area contributed by atoms with Crippen LogP contribution in [0, 0.1) is 0 Å². The molecule has 0 fully saturated rings. The van der Waals surface area contributed by atoms with Crippen LogP contribution in [0.1, 0.15) is 30.9 Å². The number of rotatable bonds is 9. The van der Waals surface area contributed by atoms with E-state index < -0.39 is 10.1 Å². The third-order valence-corrected chi connectivity index (χ3v) is 4.35. The first kappa shape index (κ1) is 20.8. The molecular weight excluding hydrogens is 364 g/mol. The molecule has 146 valence electrons. The van der Waals surface area contributed by atoms with E-state index in [1.165, 1.54) is 0 Å². The third kappa shape index (κ3) is 7.70. The highest BCUT2D eigenvalue weighted by Crippen LogP contribution is 2.16. The zero-order valence-corrected chi connectivity index (χ0v) is 16.5. The molecule has 0 bridgehead atoms. The summed E-state index contributed by atoms with van der Waals surface area (Å²) in [6.07, 6.45) is 2.95. The predicted octanol–water partition coefficient (Wildman–Crippen LogP) is 3.54. The number of unbranched alkanes of at least 4 members (excludes halogenated alkanes) is 1. The first-order valence-corrected chi connectivity index (χ1v) is 10.7. The number of urea groups is 1. The quantitative estimate of drug-likeness (QED) is 0.525. The molecular formula is C20H26N2O4S. The molecule has 0 aromatic heterocycles. The van der Waals surface area contributed by atoms with Gasteiger partial charge in [0, 0.05) is 19.6 Å². The number of hydrogen-bond acceptors (Lipinski definition) is 4. The average molecular weight is 391 g/mol. The van der Waals surface area contributed by atoms with E-state index in [4.69, 9.17) is 4.18 Å². The highest BCUT2D eigenvalue weighted by Gasteiger charge is 2.14. The minimum Gasteiger partial charge on any atom is -0.383 e. The fourth-order valence-corrected chi connectivity index (χ4v) is 2.99. The van der Waals surface area contributed by atoms with Gasteiger partial charge in [-0.15, -0.1) is 0 Å². The van der Waals surface area contributed by atoms with Gasteiger partial charge in [-0.1, -0.05) is 55.8 Å². The maximum absolute atomic E-state index is 12.6. The monoisotopic (exact) mass is 390 g/mol. The zero-order chi connectivity index (χ0) is 19.7. The van der Waals surface area contributed by atoms with Crippen molar-refractivity contribution in [2.75, 3.05) is 12.8 Å². The molecule has 0 aliphatic carbocycles. The highest BCUT2D eigenvalue weighted by molar-refractivity contribution is 7.86. The molecule has 0 aliphatic rings. The predicted molar refractivity (Wildman–Crippen MR) is 106 cm³/mol.